The molecule has 0 spiro atoms. The molecule has 98 valence electrons. The summed E-state index contributed by atoms with van der Waals surface area (Å²) in [6, 6.07) is 7.00. The van der Waals surface area contributed by atoms with Gasteiger partial charge in [-0.15, -0.1) is 0 Å². The van der Waals surface area contributed by atoms with Crippen molar-refractivity contribution >= 4 is 21.9 Å². The molecule has 5 nitrogen and oxygen atoms in total. The minimum Gasteiger partial charge on any atom is -0.480 e. The van der Waals surface area contributed by atoms with E-state index in [4.69, 9.17) is 0 Å². The third kappa shape index (κ3) is 2.29. The number of carboxylic acid groups (broad SMARTS) is 1. The van der Waals surface area contributed by atoms with Crippen molar-refractivity contribution in [3.63, 3.8) is 0 Å². The summed E-state index contributed by atoms with van der Waals surface area (Å²) in [5, 5.41) is 12.4. The number of aromatic nitrogens is 2. The molecule has 0 fully saturated rings. The van der Waals surface area contributed by atoms with Gasteiger partial charge in [-0.05, 0) is 17.7 Å². The van der Waals surface area contributed by atoms with Gasteiger partial charge in [-0.25, -0.2) is 4.98 Å². The first kappa shape index (κ1) is 12.4. The topological polar surface area (TPSA) is 78.0 Å². The fourth-order valence-corrected chi connectivity index (χ4v) is 2.80. The third-order valence-electron chi connectivity index (χ3n) is 3.28. The highest BCUT2D eigenvalue weighted by Gasteiger charge is 2.33. The summed E-state index contributed by atoms with van der Waals surface area (Å²) in [6.07, 6.45) is 2.04. The first-order valence-electron chi connectivity index (χ1n) is 5.91. The number of aliphatic carboxylic acids is 1. The Morgan fingerprint density at radius 2 is 2.32 bits per heavy atom. The summed E-state index contributed by atoms with van der Waals surface area (Å²) < 4.78 is 0.960. The Balaban J connectivity index is 2.03. The van der Waals surface area contributed by atoms with Crippen LogP contribution < -0.4 is 5.32 Å². The number of fused-ring (bicyclic) bond motifs is 1. The van der Waals surface area contributed by atoms with Gasteiger partial charge < -0.3 is 10.1 Å². The van der Waals surface area contributed by atoms with Crippen LogP contribution in [0.2, 0.25) is 0 Å². The molecule has 0 unspecified atom stereocenters. The number of benzene rings is 1. The average Bonchev–Trinajstić information content (AvgIpc) is 2.85. The van der Waals surface area contributed by atoms with Gasteiger partial charge in [0.2, 0.25) is 0 Å². The molecule has 0 bridgehead atoms. The molecule has 1 aliphatic heterocycles. The molecule has 19 heavy (non-hydrogen) atoms. The number of carbonyl (C=O) groups is 1. The van der Waals surface area contributed by atoms with Gasteiger partial charge in [0, 0.05) is 16.6 Å². The molecule has 0 radical (unpaired) electrons. The van der Waals surface area contributed by atoms with Crippen LogP contribution in [0.3, 0.4) is 0 Å². The lowest BCUT2D eigenvalue weighted by Crippen LogP contribution is -2.45. The van der Waals surface area contributed by atoms with Crippen LogP contribution in [-0.4, -0.2) is 27.1 Å². The summed E-state index contributed by atoms with van der Waals surface area (Å²) in [5.41, 5.74) is 2.75. The van der Waals surface area contributed by atoms with Crippen molar-refractivity contribution in [1.82, 2.24) is 15.3 Å². The molecule has 0 amide bonds. The first-order chi connectivity index (χ1) is 9.15. The molecule has 0 saturated carbocycles. The zero-order chi connectivity index (χ0) is 13.4. The number of halogens is 1. The van der Waals surface area contributed by atoms with Crippen molar-refractivity contribution in [2.24, 2.45) is 0 Å². The van der Waals surface area contributed by atoms with Crippen molar-refractivity contribution in [2.75, 3.05) is 0 Å². The van der Waals surface area contributed by atoms with Gasteiger partial charge in [0.15, 0.2) is 0 Å². The highest BCUT2D eigenvalue weighted by atomic mass is 79.9. The lowest BCUT2D eigenvalue weighted by Gasteiger charge is -2.28. The second-order valence-corrected chi connectivity index (χ2v) is 5.43. The fraction of sp³-hybridized carbons (Fsp3) is 0.231. The maximum Gasteiger partial charge on any atom is 0.321 e. The van der Waals surface area contributed by atoms with Crippen molar-refractivity contribution < 1.29 is 9.90 Å². The minimum atomic E-state index is -0.847. The van der Waals surface area contributed by atoms with Gasteiger partial charge in [0.25, 0.3) is 0 Å². The second kappa shape index (κ2) is 4.79. The predicted octanol–water partition coefficient (Wildman–Crippen LogP) is 1.86. The number of hydrogen-bond acceptors (Lipinski definition) is 3. The Kier molecular flexibility index (Phi) is 3.12. The zero-order valence-corrected chi connectivity index (χ0v) is 11.5. The molecule has 3 rings (SSSR count). The zero-order valence-electron chi connectivity index (χ0n) is 9.93. The number of H-pyrrole nitrogens is 1. The van der Waals surface area contributed by atoms with E-state index in [1.165, 1.54) is 0 Å². The SMILES string of the molecule is O=C(O)[C@@H]1Cc2[nH]cnc2[C@@H](c2cccc(Br)c2)N1. The molecule has 1 aromatic heterocycles. The van der Waals surface area contributed by atoms with E-state index in [0.29, 0.717) is 6.42 Å². The van der Waals surface area contributed by atoms with Crippen molar-refractivity contribution in [1.29, 1.82) is 0 Å². The van der Waals surface area contributed by atoms with E-state index in [0.717, 1.165) is 21.4 Å². The average molecular weight is 322 g/mol. The van der Waals surface area contributed by atoms with E-state index in [1.807, 2.05) is 24.3 Å². The largest absolute Gasteiger partial charge is 0.480 e. The van der Waals surface area contributed by atoms with Crippen LogP contribution in [0, 0.1) is 0 Å². The van der Waals surface area contributed by atoms with E-state index in [2.05, 4.69) is 31.2 Å². The normalized spacial score (nSPS) is 21.9. The van der Waals surface area contributed by atoms with E-state index in [9.17, 15) is 9.90 Å². The summed E-state index contributed by atoms with van der Waals surface area (Å²) in [4.78, 5) is 18.6. The fourth-order valence-electron chi connectivity index (χ4n) is 2.39. The Hall–Kier alpha value is -1.66. The van der Waals surface area contributed by atoms with Crippen LogP contribution in [-0.2, 0) is 11.2 Å². The van der Waals surface area contributed by atoms with Gasteiger partial charge in [-0.1, -0.05) is 28.1 Å². The number of nitrogens with zero attached hydrogens (tertiary/aromatic N) is 1. The van der Waals surface area contributed by atoms with Crippen molar-refractivity contribution in [3.05, 3.63) is 52.0 Å². The summed E-state index contributed by atoms with van der Waals surface area (Å²) in [6.45, 7) is 0. The number of hydrogen-bond donors (Lipinski definition) is 3. The molecule has 2 atom stereocenters. The summed E-state index contributed by atoms with van der Waals surface area (Å²) in [5.74, 6) is -0.847. The van der Waals surface area contributed by atoms with Gasteiger partial charge in [0.05, 0.1) is 18.1 Å². The van der Waals surface area contributed by atoms with Gasteiger partial charge >= 0.3 is 5.97 Å². The highest BCUT2D eigenvalue weighted by Crippen LogP contribution is 2.29. The van der Waals surface area contributed by atoms with Gasteiger partial charge in [-0.3, -0.25) is 10.1 Å². The molecule has 2 heterocycles. The van der Waals surface area contributed by atoms with E-state index in [-0.39, 0.29) is 6.04 Å². The predicted molar refractivity (Wildman–Crippen MR) is 72.8 cm³/mol. The lowest BCUT2D eigenvalue weighted by molar-refractivity contribution is -0.139. The van der Waals surface area contributed by atoms with E-state index in [1.54, 1.807) is 6.33 Å². The molecule has 6 heteroatoms. The number of imidazole rings is 1. The molecule has 1 aromatic carbocycles. The van der Waals surface area contributed by atoms with E-state index < -0.39 is 12.0 Å². The Morgan fingerprint density at radius 3 is 3.05 bits per heavy atom. The van der Waals surface area contributed by atoms with Crippen LogP contribution in [0.15, 0.2) is 35.1 Å². The van der Waals surface area contributed by atoms with Crippen molar-refractivity contribution in [3.8, 4) is 0 Å². The molecule has 2 aromatic rings. The smallest absolute Gasteiger partial charge is 0.321 e. The number of aromatic amines is 1. The standard InChI is InChI=1S/C13H12BrN3O2/c14-8-3-1-2-7(4-8)11-12-9(15-6-16-12)5-10(17-11)13(18)19/h1-4,6,10-11,17H,5H2,(H,15,16)(H,18,19)/t10-,11+/m0/s1. The molecular weight excluding hydrogens is 310 g/mol. The quantitative estimate of drug-likeness (QED) is 0.789. The molecular formula is C13H12BrN3O2. The lowest BCUT2D eigenvalue weighted by atomic mass is 9.94. The molecule has 0 aliphatic carbocycles. The Bertz CT molecular complexity index is 626. The number of nitrogens with one attached hydrogen (secondary N) is 2. The number of rotatable bonds is 2. The Labute approximate surface area is 118 Å². The molecule has 3 N–H and O–H groups in total. The van der Waals surface area contributed by atoms with Crippen LogP contribution in [0.5, 0.6) is 0 Å². The van der Waals surface area contributed by atoms with Crippen LogP contribution in [0.25, 0.3) is 0 Å². The summed E-state index contributed by atoms with van der Waals surface area (Å²) >= 11 is 3.43. The monoisotopic (exact) mass is 321 g/mol. The highest BCUT2D eigenvalue weighted by molar-refractivity contribution is 9.10. The maximum absolute atomic E-state index is 11.2. The van der Waals surface area contributed by atoms with Gasteiger partial charge in [-0.2, -0.15) is 0 Å². The minimum absolute atomic E-state index is 0.200. The third-order valence-corrected chi connectivity index (χ3v) is 3.77. The number of carboxylic acids is 1. The van der Waals surface area contributed by atoms with Crippen LogP contribution >= 0.6 is 15.9 Å². The second-order valence-electron chi connectivity index (χ2n) is 4.52. The van der Waals surface area contributed by atoms with Crippen LogP contribution in [0.4, 0.5) is 0 Å². The maximum atomic E-state index is 11.2. The Morgan fingerprint density at radius 1 is 1.47 bits per heavy atom. The summed E-state index contributed by atoms with van der Waals surface area (Å²) in [7, 11) is 0. The van der Waals surface area contributed by atoms with Crippen LogP contribution in [0.1, 0.15) is 23.0 Å². The van der Waals surface area contributed by atoms with Gasteiger partial charge in [0.1, 0.15) is 6.04 Å². The molecule has 1 aliphatic rings. The van der Waals surface area contributed by atoms with Crippen molar-refractivity contribution in [2.45, 2.75) is 18.5 Å². The molecule has 0 saturated heterocycles. The van der Waals surface area contributed by atoms with E-state index >= 15 is 0 Å². The first-order valence-corrected chi connectivity index (χ1v) is 6.71.